The molecule has 1 heterocycles. The molecule has 2 rings (SSSR count). The SMILES string of the molecule is N#Cc1cnsc1-c1ccccc1Cl. The van der Waals surface area contributed by atoms with Crippen molar-refractivity contribution in [1.82, 2.24) is 4.37 Å². The molecular formula is C10H5ClN2S. The summed E-state index contributed by atoms with van der Waals surface area (Å²) < 4.78 is 3.97. The van der Waals surface area contributed by atoms with Gasteiger partial charge in [0.2, 0.25) is 0 Å². The number of rotatable bonds is 1. The van der Waals surface area contributed by atoms with Crippen molar-refractivity contribution in [3.63, 3.8) is 0 Å². The second kappa shape index (κ2) is 3.79. The van der Waals surface area contributed by atoms with Crippen LogP contribution in [0.5, 0.6) is 0 Å². The summed E-state index contributed by atoms with van der Waals surface area (Å²) in [5, 5.41) is 9.48. The van der Waals surface area contributed by atoms with E-state index in [1.165, 1.54) is 11.5 Å². The monoisotopic (exact) mass is 220 g/mol. The largest absolute Gasteiger partial charge is 0.199 e. The summed E-state index contributed by atoms with van der Waals surface area (Å²) >= 11 is 7.30. The normalized spacial score (nSPS) is 9.71. The Hall–Kier alpha value is -1.37. The van der Waals surface area contributed by atoms with E-state index in [9.17, 15) is 0 Å². The van der Waals surface area contributed by atoms with E-state index in [0.717, 1.165) is 10.4 Å². The van der Waals surface area contributed by atoms with Gasteiger partial charge in [-0.2, -0.15) is 9.64 Å². The highest BCUT2D eigenvalue weighted by Crippen LogP contribution is 2.32. The summed E-state index contributed by atoms with van der Waals surface area (Å²) in [6.07, 6.45) is 1.56. The fourth-order valence-electron chi connectivity index (χ4n) is 1.16. The Morgan fingerprint density at radius 1 is 1.36 bits per heavy atom. The molecule has 0 saturated heterocycles. The van der Waals surface area contributed by atoms with E-state index in [1.807, 2.05) is 18.2 Å². The molecule has 0 unspecified atom stereocenters. The molecule has 1 aromatic heterocycles. The number of aromatic nitrogens is 1. The minimum absolute atomic E-state index is 0.572. The number of nitriles is 1. The van der Waals surface area contributed by atoms with Crippen LogP contribution in [0.2, 0.25) is 5.02 Å². The molecule has 0 spiro atoms. The van der Waals surface area contributed by atoms with Crippen molar-refractivity contribution in [2.45, 2.75) is 0 Å². The van der Waals surface area contributed by atoms with Gasteiger partial charge in [0.15, 0.2) is 0 Å². The summed E-state index contributed by atoms with van der Waals surface area (Å²) in [5.41, 5.74) is 1.44. The molecule has 0 aliphatic carbocycles. The molecule has 0 N–H and O–H groups in total. The maximum Gasteiger partial charge on any atom is 0.102 e. The molecule has 0 radical (unpaired) electrons. The number of halogens is 1. The molecule has 68 valence electrons. The fraction of sp³-hybridized carbons (Fsp3) is 0. The zero-order chi connectivity index (χ0) is 9.97. The van der Waals surface area contributed by atoms with Crippen molar-refractivity contribution >= 4 is 23.1 Å². The lowest BCUT2D eigenvalue weighted by Gasteiger charge is -1.99. The van der Waals surface area contributed by atoms with Crippen LogP contribution in [0.25, 0.3) is 10.4 Å². The van der Waals surface area contributed by atoms with Crippen LogP contribution in [0.1, 0.15) is 5.56 Å². The maximum atomic E-state index is 8.83. The Morgan fingerprint density at radius 2 is 2.14 bits per heavy atom. The summed E-state index contributed by atoms with van der Waals surface area (Å²) in [6.45, 7) is 0. The lowest BCUT2D eigenvalue weighted by Crippen LogP contribution is -1.77. The van der Waals surface area contributed by atoms with Gasteiger partial charge >= 0.3 is 0 Å². The van der Waals surface area contributed by atoms with E-state index in [0.29, 0.717) is 10.6 Å². The third-order valence-electron chi connectivity index (χ3n) is 1.81. The summed E-state index contributed by atoms with van der Waals surface area (Å²) in [5.74, 6) is 0. The first-order chi connectivity index (χ1) is 6.83. The highest BCUT2D eigenvalue weighted by atomic mass is 35.5. The molecule has 0 bridgehead atoms. The van der Waals surface area contributed by atoms with Crippen molar-refractivity contribution in [2.24, 2.45) is 0 Å². The van der Waals surface area contributed by atoms with Gasteiger partial charge in [-0.15, -0.1) is 0 Å². The van der Waals surface area contributed by atoms with Crippen LogP contribution in [0, 0.1) is 11.3 Å². The average molecular weight is 221 g/mol. The predicted molar refractivity (Wildman–Crippen MR) is 57.3 cm³/mol. The lowest BCUT2D eigenvalue weighted by atomic mass is 10.1. The van der Waals surface area contributed by atoms with Crippen LogP contribution in [-0.4, -0.2) is 4.37 Å². The second-order valence-electron chi connectivity index (χ2n) is 2.66. The third kappa shape index (κ3) is 1.50. The lowest BCUT2D eigenvalue weighted by molar-refractivity contribution is 1.47. The molecule has 0 saturated carbocycles. The quantitative estimate of drug-likeness (QED) is 0.739. The second-order valence-corrected chi connectivity index (χ2v) is 3.87. The Labute approximate surface area is 90.6 Å². The van der Waals surface area contributed by atoms with Crippen LogP contribution < -0.4 is 0 Å². The van der Waals surface area contributed by atoms with Crippen LogP contribution in [0.15, 0.2) is 30.5 Å². The van der Waals surface area contributed by atoms with E-state index in [4.69, 9.17) is 16.9 Å². The van der Waals surface area contributed by atoms with Gasteiger partial charge in [-0.3, -0.25) is 0 Å². The van der Waals surface area contributed by atoms with Crippen LogP contribution >= 0.6 is 23.1 Å². The number of nitrogens with zero attached hydrogens (tertiary/aromatic N) is 2. The molecular weight excluding hydrogens is 216 g/mol. The molecule has 4 heteroatoms. The van der Waals surface area contributed by atoms with Crippen molar-refractivity contribution < 1.29 is 0 Å². The van der Waals surface area contributed by atoms with Crippen LogP contribution in [-0.2, 0) is 0 Å². The highest BCUT2D eigenvalue weighted by molar-refractivity contribution is 7.09. The molecule has 2 aromatic rings. The average Bonchev–Trinajstić information content (AvgIpc) is 2.66. The first-order valence-electron chi connectivity index (χ1n) is 3.92. The van der Waals surface area contributed by atoms with E-state index < -0.39 is 0 Å². The van der Waals surface area contributed by atoms with Gasteiger partial charge in [0, 0.05) is 10.6 Å². The van der Waals surface area contributed by atoms with E-state index in [1.54, 1.807) is 12.3 Å². The number of hydrogen-bond acceptors (Lipinski definition) is 3. The Kier molecular flexibility index (Phi) is 2.49. The van der Waals surface area contributed by atoms with Gasteiger partial charge in [-0.25, -0.2) is 0 Å². The minimum atomic E-state index is 0.572. The first-order valence-corrected chi connectivity index (χ1v) is 5.07. The maximum absolute atomic E-state index is 8.83. The molecule has 2 nitrogen and oxygen atoms in total. The zero-order valence-corrected chi connectivity index (χ0v) is 8.64. The van der Waals surface area contributed by atoms with Gasteiger partial charge in [-0.1, -0.05) is 29.8 Å². The van der Waals surface area contributed by atoms with E-state index in [2.05, 4.69) is 10.4 Å². The smallest absolute Gasteiger partial charge is 0.102 e. The summed E-state index contributed by atoms with van der Waals surface area (Å²) in [6, 6.07) is 9.53. The van der Waals surface area contributed by atoms with Gasteiger partial charge < -0.3 is 0 Å². The predicted octanol–water partition coefficient (Wildman–Crippen LogP) is 3.34. The van der Waals surface area contributed by atoms with E-state index in [-0.39, 0.29) is 0 Å². The molecule has 14 heavy (non-hydrogen) atoms. The molecule has 0 aliphatic heterocycles. The van der Waals surface area contributed by atoms with E-state index >= 15 is 0 Å². The third-order valence-corrected chi connectivity index (χ3v) is 2.97. The zero-order valence-electron chi connectivity index (χ0n) is 7.07. The van der Waals surface area contributed by atoms with Crippen LogP contribution in [0.3, 0.4) is 0 Å². The first kappa shape index (κ1) is 9.20. The Bertz CT molecular complexity index is 499. The van der Waals surface area contributed by atoms with Crippen molar-refractivity contribution in [2.75, 3.05) is 0 Å². The van der Waals surface area contributed by atoms with Gasteiger partial charge in [0.25, 0.3) is 0 Å². The van der Waals surface area contributed by atoms with Gasteiger partial charge in [-0.05, 0) is 17.6 Å². The molecule has 0 aliphatic rings. The molecule has 0 fully saturated rings. The fourth-order valence-corrected chi connectivity index (χ4v) is 2.18. The van der Waals surface area contributed by atoms with Gasteiger partial charge in [0.05, 0.1) is 16.6 Å². The molecule has 0 atom stereocenters. The number of hydrogen-bond donors (Lipinski definition) is 0. The summed E-state index contributed by atoms with van der Waals surface area (Å²) in [4.78, 5) is 0.832. The van der Waals surface area contributed by atoms with Gasteiger partial charge in [0.1, 0.15) is 6.07 Å². The molecule has 0 amide bonds. The number of benzene rings is 1. The van der Waals surface area contributed by atoms with Crippen molar-refractivity contribution in [3.8, 4) is 16.5 Å². The van der Waals surface area contributed by atoms with Crippen molar-refractivity contribution in [3.05, 3.63) is 41.0 Å². The minimum Gasteiger partial charge on any atom is -0.199 e. The highest BCUT2D eigenvalue weighted by Gasteiger charge is 2.10. The van der Waals surface area contributed by atoms with Crippen molar-refractivity contribution in [1.29, 1.82) is 5.26 Å². The summed E-state index contributed by atoms with van der Waals surface area (Å²) in [7, 11) is 0. The Morgan fingerprint density at radius 3 is 2.86 bits per heavy atom. The topological polar surface area (TPSA) is 36.7 Å². The standard InChI is InChI=1S/C10H5ClN2S/c11-9-4-2-1-3-8(9)10-7(5-12)6-13-14-10/h1-4,6H. The van der Waals surface area contributed by atoms with Crippen LogP contribution in [0.4, 0.5) is 0 Å². The Balaban J connectivity index is 2.62. The molecule has 1 aromatic carbocycles.